The van der Waals surface area contributed by atoms with Gasteiger partial charge in [0.2, 0.25) is 5.91 Å². The second kappa shape index (κ2) is 8.84. The number of carbonyl (C=O) groups is 1. The third-order valence-electron chi connectivity index (χ3n) is 5.32. The van der Waals surface area contributed by atoms with E-state index in [0.29, 0.717) is 34.1 Å². The molecule has 2 aromatic carbocycles. The van der Waals surface area contributed by atoms with E-state index in [2.05, 4.69) is 9.88 Å². The SMILES string of the molecule is COc1ccc(CN(C)c2ccc(OC)c3nc(-c4c(C(N)=O)ccnc4C)sc23)cc1. The number of anilines is 1. The summed E-state index contributed by atoms with van der Waals surface area (Å²) in [6.07, 6.45) is 1.58. The Hall–Kier alpha value is -3.65. The first-order chi connectivity index (χ1) is 15.4. The summed E-state index contributed by atoms with van der Waals surface area (Å²) in [6, 6.07) is 13.6. The maximum Gasteiger partial charge on any atom is 0.249 e. The van der Waals surface area contributed by atoms with Gasteiger partial charge in [-0.1, -0.05) is 12.1 Å². The summed E-state index contributed by atoms with van der Waals surface area (Å²) in [5, 5.41) is 0.683. The molecule has 4 aromatic rings. The van der Waals surface area contributed by atoms with E-state index >= 15 is 0 Å². The number of hydrogen-bond acceptors (Lipinski definition) is 7. The van der Waals surface area contributed by atoms with Crippen LogP contribution in [0.4, 0.5) is 5.69 Å². The van der Waals surface area contributed by atoms with Gasteiger partial charge in [0.15, 0.2) is 0 Å². The molecular weight excluding hydrogens is 424 g/mol. The minimum absolute atomic E-state index is 0.406. The number of primary amides is 1. The van der Waals surface area contributed by atoms with E-state index in [1.54, 1.807) is 26.5 Å². The summed E-state index contributed by atoms with van der Waals surface area (Å²) in [5.74, 6) is 0.993. The van der Waals surface area contributed by atoms with Crippen molar-refractivity contribution in [3.05, 3.63) is 65.5 Å². The van der Waals surface area contributed by atoms with Crippen molar-refractivity contribution in [3.63, 3.8) is 0 Å². The molecule has 164 valence electrons. The topological polar surface area (TPSA) is 90.6 Å². The number of amides is 1. The minimum atomic E-state index is -0.506. The van der Waals surface area contributed by atoms with Gasteiger partial charge in [-0.05, 0) is 42.8 Å². The highest BCUT2D eigenvalue weighted by Crippen LogP contribution is 2.42. The van der Waals surface area contributed by atoms with Crippen molar-refractivity contribution < 1.29 is 14.3 Å². The average Bonchev–Trinajstić information content (AvgIpc) is 3.23. The monoisotopic (exact) mass is 448 g/mol. The summed E-state index contributed by atoms with van der Waals surface area (Å²) >= 11 is 1.50. The number of pyridine rings is 1. The van der Waals surface area contributed by atoms with Gasteiger partial charge in [0.05, 0.1) is 30.2 Å². The van der Waals surface area contributed by atoms with Crippen LogP contribution in [0.25, 0.3) is 20.8 Å². The molecule has 32 heavy (non-hydrogen) atoms. The van der Waals surface area contributed by atoms with Crippen LogP contribution in [0.2, 0.25) is 0 Å². The molecule has 0 aliphatic carbocycles. The predicted octanol–water partition coefficient (Wildman–Crippen LogP) is 4.42. The Morgan fingerprint density at radius 2 is 1.84 bits per heavy atom. The van der Waals surface area contributed by atoms with E-state index in [-0.39, 0.29) is 0 Å². The summed E-state index contributed by atoms with van der Waals surface area (Å²) in [6.45, 7) is 2.55. The molecule has 0 spiro atoms. The zero-order valence-corrected chi connectivity index (χ0v) is 19.2. The quantitative estimate of drug-likeness (QED) is 0.450. The van der Waals surface area contributed by atoms with E-state index in [9.17, 15) is 4.79 Å². The fraction of sp³-hybridized carbons (Fsp3) is 0.208. The molecule has 2 aromatic heterocycles. The fourth-order valence-corrected chi connectivity index (χ4v) is 4.94. The largest absolute Gasteiger partial charge is 0.497 e. The number of fused-ring (bicyclic) bond motifs is 1. The van der Waals surface area contributed by atoms with Crippen LogP contribution in [-0.2, 0) is 6.54 Å². The third-order valence-corrected chi connectivity index (χ3v) is 6.41. The van der Waals surface area contributed by atoms with Crippen LogP contribution in [-0.4, -0.2) is 37.1 Å². The van der Waals surface area contributed by atoms with E-state index in [0.717, 1.165) is 27.2 Å². The number of methoxy groups -OCH3 is 2. The standard InChI is InChI=1S/C24H24N4O3S/c1-14-20(17(23(25)29)11-12-26-14)24-27-21-19(31-4)10-9-18(22(21)32-24)28(2)13-15-5-7-16(30-3)8-6-15/h5-12H,13H2,1-4H3,(H2,25,29). The van der Waals surface area contributed by atoms with E-state index in [4.69, 9.17) is 20.2 Å². The zero-order valence-electron chi connectivity index (χ0n) is 18.4. The number of nitrogens with two attached hydrogens (primary N) is 1. The van der Waals surface area contributed by atoms with E-state index in [1.807, 2.05) is 50.4 Å². The number of carbonyl (C=O) groups excluding carboxylic acids is 1. The number of ether oxygens (including phenoxy) is 2. The molecule has 0 saturated heterocycles. The molecule has 0 aliphatic rings. The van der Waals surface area contributed by atoms with Gasteiger partial charge in [0.1, 0.15) is 22.0 Å². The number of hydrogen-bond donors (Lipinski definition) is 1. The van der Waals surface area contributed by atoms with E-state index < -0.39 is 5.91 Å². The summed E-state index contributed by atoms with van der Waals surface area (Å²) in [7, 11) is 5.32. The van der Waals surface area contributed by atoms with Gasteiger partial charge in [-0.25, -0.2) is 4.98 Å². The van der Waals surface area contributed by atoms with Gasteiger partial charge in [-0.3, -0.25) is 9.78 Å². The highest BCUT2D eigenvalue weighted by Gasteiger charge is 2.21. The molecule has 1 amide bonds. The predicted molar refractivity (Wildman–Crippen MR) is 128 cm³/mol. The first-order valence-electron chi connectivity index (χ1n) is 10.00. The maximum atomic E-state index is 12.0. The Balaban J connectivity index is 1.80. The highest BCUT2D eigenvalue weighted by atomic mass is 32.1. The van der Waals surface area contributed by atoms with Crippen LogP contribution in [0.5, 0.6) is 11.5 Å². The highest BCUT2D eigenvalue weighted by molar-refractivity contribution is 7.22. The van der Waals surface area contributed by atoms with Gasteiger partial charge in [0.25, 0.3) is 0 Å². The second-order valence-electron chi connectivity index (χ2n) is 7.37. The Morgan fingerprint density at radius 3 is 2.50 bits per heavy atom. The molecule has 2 heterocycles. The molecule has 0 bridgehead atoms. The van der Waals surface area contributed by atoms with Gasteiger partial charge in [-0.2, -0.15) is 0 Å². The normalized spacial score (nSPS) is 10.9. The Bertz CT molecular complexity index is 1280. The number of nitrogens with zero attached hydrogens (tertiary/aromatic N) is 3. The Kier molecular flexibility index (Phi) is 5.96. The molecule has 4 rings (SSSR count). The van der Waals surface area contributed by atoms with Crippen LogP contribution in [0.1, 0.15) is 21.6 Å². The van der Waals surface area contributed by atoms with Crippen molar-refractivity contribution in [2.45, 2.75) is 13.5 Å². The number of benzene rings is 2. The van der Waals surface area contributed by atoms with Crippen molar-refractivity contribution in [1.82, 2.24) is 9.97 Å². The number of aryl methyl sites for hydroxylation is 1. The van der Waals surface area contributed by atoms with Crippen molar-refractivity contribution in [3.8, 4) is 22.1 Å². The lowest BCUT2D eigenvalue weighted by molar-refractivity contribution is 0.100. The van der Waals surface area contributed by atoms with Gasteiger partial charge in [-0.15, -0.1) is 11.3 Å². The van der Waals surface area contributed by atoms with E-state index in [1.165, 1.54) is 11.3 Å². The molecule has 0 aliphatic heterocycles. The lowest BCUT2D eigenvalue weighted by atomic mass is 10.1. The van der Waals surface area contributed by atoms with Crippen molar-refractivity contribution in [2.75, 3.05) is 26.2 Å². The number of rotatable bonds is 7. The summed E-state index contributed by atoms with van der Waals surface area (Å²) in [5.41, 5.74) is 10.3. The van der Waals surface area contributed by atoms with Crippen LogP contribution >= 0.6 is 11.3 Å². The van der Waals surface area contributed by atoms with Crippen LogP contribution in [0, 0.1) is 6.92 Å². The Morgan fingerprint density at radius 1 is 1.09 bits per heavy atom. The molecule has 0 unspecified atom stereocenters. The lowest BCUT2D eigenvalue weighted by Crippen LogP contribution is -2.16. The van der Waals surface area contributed by atoms with Crippen LogP contribution < -0.4 is 20.1 Å². The summed E-state index contributed by atoms with van der Waals surface area (Å²) < 4.78 is 11.8. The number of aromatic nitrogens is 2. The molecule has 0 atom stereocenters. The first-order valence-corrected chi connectivity index (χ1v) is 10.8. The second-order valence-corrected chi connectivity index (χ2v) is 8.37. The third kappa shape index (κ3) is 3.97. The van der Waals surface area contributed by atoms with Crippen molar-refractivity contribution >= 4 is 33.1 Å². The van der Waals surface area contributed by atoms with Gasteiger partial charge < -0.3 is 20.1 Å². The molecule has 8 heteroatoms. The smallest absolute Gasteiger partial charge is 0.249 e. The van der Waals surface area contributed by atoms with Gasteiger partial charge >= 0.3 is 0 Å². The number of thiazole rings is 1. The molecular formula is C24H24N4O3S. The van der Waals surface area contributed by atoms with Crippen LogP contribution in [0.3, 0.4) is 0 Å². The molecule has 0 saturated carbocycles. The van der Waals surface area contributed by atoms with Gasteiger partial charge in [0, 0.05) is 31.0 Å². The lowest BCUT2D eigenvalue weighted by Gasteiger charge is -2.20. The van der Waals surface area contributed by atoms with Crippen molar-refractivity contribution in [2.24, 2.45) is 5.73 Å². The zero-order chi connectivity index (χ0) is 22.8. The average molecular weight is 449 g/mol. The Labute approximate surface area is 190 Å². The molecule has 7 nitrogen and oxygen atoms in total. The first kappa shape index (κ1) is 21.6. The fourth-order valence-electron chi connectivity index (χ4n) is 3.67. The maximum absolute atomic E-state index is 12.0. The molecule has 0 radical (unpaired) electrons. The summed E-state index contributed by atoms with van der Waals surface area (Å²) in [4.78, 5) is 23.4. The molecule has 2 N–H and O–H groups in total. The minimum Gasteiger partial charge on any atom is -0.497 e. The van der Waals surface area contributed by atoms with Crippen LogP contribution in [0.15, 0.2) is 48.7 Å². The molecule has 0 fully saturated rings. The van der Waals surface area contributed by atoms with Crippen molar-refractivity contribution in [1.29, 1.82) is 0 Å².